The van der Waals surface area contributed by atoms with Crippen LogP contribution in [-0.4, -0.2) is 23.7 Å². The third-order valence-corrected chi connectivity index (χ3v) is 2.80. The van der Waals surface area contributed by atoms with Crippen LogP contribution in [0.15, 0.2) is 35.3 Å². The van der Waals surface area contributed by atoms with Crippen molar-refractivity contribution in [3.05, 3.63) is 35.9 Å². The molecule has 0 N–H and O–H groups in total. The number of aliphatic imine (C=N–C) groups is 1. The summed E-state index contributed by atoms with van der Waals surface area (Å²) in [5.74, 6) is 1.22. The Hall–Kier alpha value is -1.64. The maximum atomic E-state index is 12.0. The van der Waals surface area contributed by atoms with Crippen LogP contribution in [-0.2, 0) is 4.79 Å². The van der Waals surface area contributed by atoms with Crippen molar-refractivity contribution in [1.29, 1.82) is 0 Å². The molecule has 1 aliphatic heterocycles. The van der Waals surface area contributed by atoms with E-state index < -0.39 is 0 Å². The molecule has 0 spiro atoms. The lowest BCUT2D eigenvalue weighted by Gasteiger charge is -2.14. The van der Waals surface area contributed by atoms with Gasteiger partial charge in [-0.2, -0.15) is 0 Å². The molecule has 0 aliphatic carbocycles. The minimum absolute atomic E-state index is 0.0647. The number of carbonyl (C=O) groups is 1. The van der Waals surface area contributed by atoms with Gasteiger partial charge in [-0.1, -0.05) is 44.2 Å². The summed E-state index contributed by atoms with van der Waals surface area (Å²) >= 11 is 0. The maximum absolute atomic E-state index is 12.0. The van der Waals surface area contributed by atoms with Crippen molar-refractivity contribution in [3.8, 4) is 0 Å². The number of benzene rings is 1. The highest BCUT2D eigenvalue weighted by atomic mass is 16.2. The SMILES string of the molecule is CC(C)C1=NC(c2ccccc2)C(=O)N1C. The molecule has 16 heavy (non-hydrogen) atoms. The molecule has 3 nitrogen and oxygen atoms in total. The predicted molar refractivity (Wildman–Crippen MR) is 64.2 cm³/mol. The lowest BCUT2D eigenvalue weighted by molar-refractivity contribution is -0.126. The first-order valence-corrected chi connectivity index (χ1v) is 5.51. The molecule has 2 rings (SSSR count). The number of carbonyl (C=O) groups excluding carboxylic acids is 1. The molecule has 1 aromatic carbocycles. The molecular formula is C13H16N2O. The lowest BCUT2D eigenvalue weighted by atomic mass is 10.1. The molecule has 0 bridgehead atoms. The van der Waals surface area contributed by atoms with E-state index in [9.17, 15) is 4.79 Å². The van der Waals surface area contributed by atoms with Gasteiger partial charge in [0.25, 0.3) is 5.91 Å². The minimum atomic E-state index is -0.344. The number of amides is 1. The van der Waals surface area contributed by atoms with Gasteiger partial charge in [0.2, 0.25) is 0 Å². The summed E-state index contributed by atoms with van der Waals surface area (Å²) in [7, 11) is 1.80. The largest absolute Gasteiger partial charge is 0.301 e. The first-order chi connectivity index (χ1) is 7.61. The second kappa shape index (κ2) is 4.08. The topological polar surface area (TPSA) is 32.7 Å². The highest BCUT2D eigenvalue weighted by Gasteiger charge is 2.33. The molecule has 1 heterocycles. The number of hydrogen-bond donors (Lipinski definition) is 0. The number of likely N-dealkylation sites (N-methyl/N-ethyl adjacent to an activating group) is 1. The molecule has 1 atom stereocenters. The average Bonchev–Trinajstić information content (AvgIpc) is 2.58. The van der Waals surface area contributed by atoms with Gasteiger partial charge < -0.3 is 4.90 Å². The van der Waals surface area contributed by atoms with Gasteiger partial charge in [-0.05, 0) is 5.56 Å². The van der Waals surface area contributed by atoms with Crippen LogP contribution in [0.5, 0.6) is 0 Å². The number of rotatable bonds is 2. The first-order valence-electron chi connectivity index (χ1n) is 5.51. The van der Waals surface area contributed by atoms with Gasteiger partial charge in [0.15, 0.2) is 6.04 Å². The van der Waals surface area contributed by atoms with Crippen LogP contribution in [0.2, 0.25) is 0 Å². The van der Waals surface area contributed by atoms with Crippen molar-refractivity contribution in [2.45, 2.75) is 19.9 Å². The summed E-state index contributed by atoms with van der Waals surface area (Å²) in [5.41, 5.74) is 0.968. The van der Waals surface area contributed by atoms with E-state index >= 15 is 0 Å². The fourth-order valence-corrected chi connectivity index (χ4v) is 1.96. The van der Waals surface area contributed by atoms with E-state index in [1.54, 1.807) is 11.9 Å². The van der Waals surface area contributed by atoms with E-state index in [0.29, 0.717) is 0 Å². The van der Waals surface area contributed by atoms with Crippen LogP contribution < -0.4 is 0 Å². The Labute approximate surface area is 95.8 Å². The zero-order valence-corrected chi connectivity index (χ0v) is 9.84. The predicted octanol–water partition coefficient (Wildman–Crippen LogP) is 2.25. The maximum Gasteiger partial charge on any atom is 0.257 e. The highest BCUT2D eigenvalue weighted by molar-refractivity contribution is 6.06. The van der Waals surface area contributed by atoms with Crippen molar-refractivity contribution in [2.75, 3.05) is 7.05 Å². The Kier molecular flexibility index (Phi) is 2.77. The third-order valence-electron chi connectivity index (χ3n) is 2.80. The summed E-state index contributed by atoms with van der Waals surface area (Å²) in [6, 6.07) is 9.37. The normalized spacial score (nSPS) is 20.5. The Morgan fingerprint density at radius 3 is 2.38 bits per heavy atom. The summed E-state index contributed by atoms with van der Waals surface area (Å²) in [4.78, 5) is 18.2. The van der Waals surface area contributed by atoms with Crippen molar-refractivity contribution in [3.63, 3.8) is 0 Å². The van der Waals surface area contributed by atoms with Gasteiger partial charge in [0.05, 0.1) is 0 Å². The van der Waals surface area contributed by atoms with Crippen LogP contribution >= 0.6 is 0 Å². The van der Waals surface area contributed by atoms with E-state index in [-0.39, 0.29) is 17.9 Å². The molecule has 84 valence electrons. The van der Waals surface area contributed by atoms with Gasteiger partial charge >= 0.3 is 0 Å². The lowest BCUT2D eigenvalue weighted by Crippen LogP contribution is -2.31. The zero-order chi connectivity index (χ0) is 11.7. The van der Waals surface area contributed by atoms with Crippen LogP contribution in [0.1, 0.15) is 25.5 Å². The van der Waals surface area contributed by atoms with Gasteiger partial charge in [0, 0.05) is 13.0 Å². The van der Waals surface area contributed by atoms with E-state index in [4.69, 9.17) is 0 Å². The summed E-state index contributed by atoms with van der Waals surface area (Å²) in [6.45, 7) is 4.10. The van der Waals surface area contributed by atoms with E-state index in [2.05, 4.69) is 18.8 Å². The zero-order valence-electron chi connectivity index (χ0n) is 9.84. The van der Waals surface area contributed by atoms with Crippen molar-refractivity contribution in [1.82, 2.24) is 4.90 Å². The molecule has 1 aliphatic rings. The van der Waals surface area contributed by atoms with Crippen LogP contribution in [0.25, 0.3) is 0 Å². The third kappa shape index (κ3) is 1.73. The fraction of sp³-hybridized carbons (Fsp3) is 0.385. The number of hydrogen-bond acceptors (Lipinski definition) is 2. The molecule has 0 saturated heterocycles. The number of nitrogens with zero attached hydrogens (tertiary/aromatic N) is 2. The van der Waals surface area contributed by atoms with Gasteiger partial charge in [0.1, 0.15) is 5.84 Å². The van der Waals surface area contributed by atoms with Crippen molar-refractivity contribution in [2.24, 2.45) is 10.9 Å². The summed E-state index contributed by atoms with van der Waals surface area (Å²) < 4.78 is 0. The quantitative estimate of drug-likeness (QED) is 0.746. The standard InChI is InChI=1S/C13H16N2O/c1-9(2)12-14-11(13(16)15(12)3)10-7-5-4-6-8-10/h4-9,11H,1-3H3. The molecule has 0 aromatic heterocycles. The Balaban J connectivity index is 2.34. The molecule has 1 unspecified atom stereocenters. The molecule has 0 saturated carbocycles. The summed E-state index contributed by atoms with van der Waals surface area (Å²) in [6.07, 6.45) is 0. The van der Waals surface area contributed by atoms with E-state index in [1.807, 2.05) is 30.3 Å². The molecular weight excluding hydrogens is 200 g/mol. The summed E-state index contributed by atoms with van der Waals surface area (Å²) in [5, 5.41) is 0. The van der Waals surface area contributed by atoms with Gasteiger partial charge in [-0.25, -0.2) is 0 Å². The van der Waals surface area contributed by atoms with Gasteiger partial charge in [-0.3, -0.25) is 9.79 Å². The second-order valence-corrected chi connectivity index (χ2v) is 4.35. The Morgan fingerprint density at radius 1 is 1.25 bits per heavy atom. The van der Waals surface area contributed by atoms with Crippen LogP contribution in [0.4, 0.5) is 0 Å². The monoisotopic (exact) mass is 216 g/mol. The highest BCUT2D eigenvalue weighted by Crippen LogP contribution is 2.27. The molecule has 1 amide bonds. The Bertz CT molecular complexity index is 423. The Morgan fingerprint density at radius 2 is 1.88 bits per heavy atom. The first kappa shape index (κ1) is 10.9. The van der Waals surface area contributed by atoms with Crippen LogP contribution in [0.3, 0.4) is 0 Å². The average molecular weight is 216 g/mol. The van der Waals surface area contributed by atoms with Crippen LogP contribution in [0, 0.1) is 5.92 Å². The number of amidine groups is 1. The van der Waals surface area contributed by atoms with Crippen molar-refractivity contribution < 1.29 is 4.79 Å². The van der Waals surface area contributed by atoms with E-state index in [0.717, 1.165) is 11.4 Å². The molecule has 3 heteroatoms. The van der Waals surface area contributed by atoms with E-state index in [1.165, 1.54) is 0 Å². The smallest absolute Gasteiger partial charge is 0.257 e. The second-order valence-electron chi connectivity index (χ2n) is 4.35. The van der Waals surface area contributed by atoms with Crippen molar-refractivity contribution >= 4 is 11.7 Å². The molecule has 0 fully saturated rings. The molecule has 1 aromatic rings. The fourth-order valence-electron chi connectivity index (χ4n) is 1.96. The van der Waals surface area contributed by atoms with Gasteiger partial charge in [-0.15, -0.1) is 0 Å². The molecule has 0 radical (unpaired) electrons. The minimum Gasteiger partial charge on any atom is -0.301 e.